The number of imide groups is 1. The number of nitrogens with one attached hydrogen (secondary N) is 3. The van der Waals surface area contributed by atoms with Crippen molar-refractivity contribution in [1.29, 1.82) is 0 Å². The van der Waals surface area contributed by atoms with Crippen LogP contribution in [0.3, 0.4) is 0 Å². The normalized spacial score (nSPS) is 25.9. The van der Waals surface area contributed by atoms with Gasteiger partial charge in [-0.2, -0.15) is 0 Å². The molecule has 2 amide bonds. The highest BCUT2D eigenvalue weighted by molar-refractivity contribution is 6.08. The number of likely N-dealkylation sites (tertiary alicyclic amines) is 1. The molecule has 3 N–H and O–H groups in total. The van der Waals surface area contributed by atoms with Gasteiger partial charge >= 0.3 is 11.7 Å². The van der Waals surface area contributed by atoms with Crippen molar-refractivity contribution < 1.29 is 19.1 Å². The minimum atomic E-state index is -1.08. The number of ether oxygens (including phenoxy) is 1. The van der Waals surface area contributed by atoms with Crippen molar-refractivity contribution in [2.75, 3.05) is 7.11 Å². The lowest BCUT2D eigenvalue weighted by Gasteiger charge is -2.21. The number of hydrogen-bond acceptors (Lipinski definition) is 7. The molecule has 2 aliphatic rings. The molecule has 1 aromatic heterocycles. The first-order valence-corrected chi connectivity index (χ1v) is 8.97. The fourth-order valence-electron chi connectivity index (χ4n) is 4.07. The molecule has 2 aromatic rings. The van der Waals surface area contributed by atoms with E-state index in [1.54, 1.807) is 24.3 Å². The number of aromatic amines is 2. The molecule has 10 nitrogen and oxygen atoms in total. The fourth-order valence-corrected chi connectivity index (χ4v) is 4.07. The van der Waals surface area contributed by atoms with Crippen molar-refractivity contribution in [3.05, 3.63) is 68.5 Å². The van der Waals surface area contributed by atoms with Gasteiger partial charge in [0.25, 0.3) is 5.56 Å². The quantitative estimate of drug-likeness (QED) is 0.445. The number of rotatable bonds is 4. The van der Waals surface area contributed by atoms with E-state index in [-0.39, 0.29) is 12.1 Å². The number of H-pyrrole nitrogens is 2. The first-order valence-electron chi connectivity index (χ1n) is 8.97. The van der Waals surface area contributed by atoms with Crippen LogP contribution < -0.4 is 16.6 Å². The number of carbonyl (C=O) groups excluding carboxylic acids is 3. The third kappa shape index (κ3) is 3.07. The number of hydrogen-bond donors (Lipinski definition) is 3. The third-order valence-electron chi connectivity index (χ3n) is 5.39. The van der Waals surface area contributed by atoms with Gasteiger partial charge in [-0.15, -0.1) is 0 Å². The number of methoxy groups -OCH3 is 1. The molecule has 2 fully saturated rings. The zero-order valence-corrected chi connectivity index (χ0v) is 15.4. The van der Waals surface area contributed by atoms with E-state index < -0.39 is 53.0 Å². The molecule has 1 aromatic carbocycles. The lowest BCUT2D eigenvalue weighted by Crippen LogP contribution is -2.44. The molecule has 150 valence electrons. The zero-order valence-electron chi connectivity index (χ0n) is 15.4. The molecule has 29 heavy (non-hydrogen) atoms. The first-order chi connectivity index (χ1) is 13.9. The van der Waals surface area contributed by atoms with Crippen LogP contribution in [-0.4, -0.2) is 45.8 Å². The molecule has 2 saturated heterocycles. The van der Waals surface area contributed by atoms with Gasteiger partial charge in [-0.25, -0.2) is 4.79 Å². The van der Waals surface area contributed by atoms with E-state index >= 15 is 0 Å². The molecule has 3 heterocycles. The predicted molar refractivity (Wildman–Crippen MR) is 98.3 cm³/mol. The Morgan fingerprint density at radius 1 is 1.07 bits per heavy atom. The molecular weight excluding hydrogens is 380 g/mol. The summed E-state index contributed by atoms with van der Waals surface area (Å²) >= 11 is 0. The molecule has 2 aliphatic heterocycles. The van der Waals surface area contributed by atoms with Crippen molar-refractivity contribution >= 4 is 17.8 Å². The Bertz CT molecular complexity index is 1090. The Hall–Kier alpha value is -3.53. The van der Waals surface area contributed by atoms with Crippen LogP contribution in [0, 0.1) is 11.8 Å². The summed E-state index contributed by atoms with van der Waals surface area (Å²) in [5.74, 6) is -3.67. The van der Waals surface area contributed by atoms with Crippen LogP contribution >= 0.6 is 0 Å². The van der Waals surface area contributed by atoms with E-state index in [4.69, 9.17) is 4.74 Å². The first kappa shape index (κ1) is 18.8. The van der Waals surface area contributed by atoms with Crippen LogP contribution in [0.2, 0.25) is 0 Å². The summed E-state index contributed by atoms with van der Waals surface area (Å²) in [6.07, 6.45) is 1.19. The van der Waals surface area contributed by atoms with Gasteiger partial charge in [0.1, 0.15) is 6.04 Å². The molecule has 4 atom stereocenters. The van der Waals surface area contributed by atoms with Crippen molar-refractivity contribution in [2.24, 2.45) is 11.8 Å². The van der Waals surface area contributed by atoms with E-state index in [0.29, 0.717) is 0 Å². The van der Waals surface area contributed by atoms with E-state index in [0.717, 1.165) is 10.5 Å². The largest absolute Gasteiger partial charge is 0.468 e. The summed E-state index contributed by atoms with van der Waals surface area (Å²) in [5.41, 5.74) is -0.571. The monoisotopic (exact) mass is 398 g/mol. The number of nitrogens with zero attached hydrogens (tertiary/aromatic N) is 1. The van der Waals surface area contributed by atoms with Crippen molar-refractivity contribution in [1.82, 2.24) is 20.2 Å². The Labute approximate surface area is 163 Å². The smallest absolute Gasteiger partial charge is 0.325 e. The topological polar surface area (TPSA) is 141 Å². The average molecular weight is 398 g/mol. The van der Waals surface area contributed by atoms with Gasteiger partial charge in [0.2, 0.25) is 11.8 Å². The van der Waals surface area contributed by atoms with Gasteiger partial charge in [0.15, 0.2) is 0 Å². The minimum Gasteiger partial charge on any atom is -0.468 e. The maximum atomic E-state index is 13.1. The fraction of sp³-hybridized carbons (Fsp3) is 0.316. The lowest BCUT2D eigenvalue weighted by molar-refractivity contribution is -0.148. The summed E-state index contributed by atoms with van der Waals surface area (Å²) in [6.45, 7) is 0.0636. The van der Waals surface area contributed by atoms with Crippen LogP contribution in [0.5, 0.6) is 0 Å². The molecule has 0 bridgehead atoms. The highest BCUT2D eigenvalue weighted by Gasteiger charge is 2.61. The second-order valence-corrected chi connectivity index (χ2v) is 6.97. The molecule has 0 unspecified atom stereocenters. The number of benzene rings is 1. The number of esters is 1. The van der Waals surface area contributed by atoms with Gasteiger partial charge in [-0.3, -0.25) is 34.4 Å². The molecule has 10 heteroatoms. The van der Waals surface area contributed by atoms with Crippen LogP contribution in [0.4, 0.5) is 0 Å². The Morgan fingerprint density at radius 2 is 1.76 bits per heavy atom. The summed E-state index contributed by atoms with van der Waals surface area (Å²) in [7, 11) is 1.18. The summed E-state index contributed by atoms with van der Waals surface area (Å²) in [4.78, 5) is 67.7. The average Bonchev–Trinajstić information content (AvgIpc) is 3.21. The van der Waals surface area contributed by atoms with Crippen LogP contribution in [0.15, 0.2) is 46.1 Å². The SMILES string of the molecule is COC(=O)[C@@H]1N[C@H](c2c[nH]c(=O)[nH]c2=O)[C@@H]2C(=O)N(Cc3ccccc3)C(=O)[C@@H]21. The van der Waals surface area contributed by atoms with E-state index in [9.17, 15) is 24.0 Å². The number of amides is 2. The van der Waals surface area contributed by atoms with Gasteiger partial charge in [-0.05, 0) is 5.56 Å². The van der Waals surface area contributed by atoms with Gasteiger partial charge < -0.3 is 9.72 Å². The number of carbonyl (C=O) groups is 3. The summed E-state index contributed by atoms with van der Waals surface area (Å²) in [5, 5.41) is 2.88. The second kappa shape index (κ2) is 7.13. The zero-order chi connectivity index (χ0) is 20.7. The molecular formula is C19H18N4O6. The highest BCUT2D eigenvalue weighted by Crippen LogP contribution is 2.43. The van der Waals surface area contributed by atoms with E-state index in [2.05, 4.69) is 15.3 Å². The minimum absolute atomic E-state index is 0.0636. The maximum Gasteiger partial charge on any atom is 0.325 e. The number of aromatic nitrogens is 2. The van der Waals surface area contributed by atoms with Crippen molar-refractivity contribution in [3.63, 3.8) is 0 Å². The summed E-state index contributed by atoms with van der Waals surface area (Å²) < 4.78 is 4.79. The van der Waals surface area contributed by atoms with E-state index in [1.165, 1.54) is 13.3 Å². The van der Waals surface area contributed by atoms with Gasteiger partial charge in [0.05, 0.1) is 37.1 Å². The van der Waals surface area contributed by atoms with Gasteiger partial charge in [0, 0.05) is 6.20 Å². The molecule has 0 radical (unpaired) electrons. The third-order valence-corrected chi connectivity index (χ3v) is 5.39. The maximum absolute atomic E-state index is 13.1. The lowest BCUT2D eigenvalue weighted by atomic mass is 9.87. The Morgan fingerprint density at radius 3 is 2.41 bits per heavy atom. The predicted octanol–water partition coefficient (Wildman–Crippen LogP) is -0.949. The van der Waals surface area contributed by atoms with Crippen molar-refractivity contribution in [2.45, 2.75) is 18.6 Å². The molecule has 0 saturated carbocycles. The standard InChI is InChI=1S/C19H18N4O6/c1-29-18(27)14-12-11(13(21-14)10-7-20-19(28)22-15(10)24)16(25)23(17(12)26)8-9-5-3-2-4-6-9/h2-7,11-14,21H,8H2,1H3,(H2,20,22,24,28)/t11-,12+,13-,14-/m1/s1. The molecule has 0 spiro atoms. The number of fused-ring (bicyclic) bond motifs is 1. The van der Waals surface area contributed by atoms with Crippen LogP contribution in [0.25, 0.3) is 0 Å². The van der Waals surface area contributed by atoms with Gasteiger partial charge in [-0.1, -0.05) is 30.3 Å². The Balaban J connectivity index is 1.74. The highest BCUT2D eigenvalue weighted by atomic mass is 16.5. The Kier molecular flexibility index (Phi) is 4.63. The van der Waals surface area contributed by atoms with Crippen molar-refractivity contribution in [3.8, 4) is 0 Å². The van der Waals surface area contributed by atoms with Crippen LogP contribution in [-0.2, 0) is 25.7 Å². The van der Waals surface area contributed by atoms with Crippen LogP contribution in [0.1, 0.15) is 17.2 Å². The molecule has 4 rings (SSSR count). The molecule has 0 aliphatic carbocycles. The van der Waals surface area contributed by atoms with E-state index in [1.807, 2.05) is 6.07 Å². The summed E-state index contributed by atoms with van der Waals surface area (Å²) in [6, 6.07) is 6.97. The second-order valence-electron chi connectivity index (χ2n) is 6.97.